The fourth-order valence-electron chi connectivity index (χ4n) is 1.97. The zero-order valence-corrected chi connectivity index (χ0v) is 12.9. The third kappa shape index (κ3) is 4.00. The number of rotatable bonds is 7. The number of methoxy groups -OCH3 is 2. The van der Waals surface area contributed by atoms with Crippen molar-refractivity contribution in [1.82, 2.24) is 0 Å². The Morgan fingerprint density at radius 2 is 1.61 bits per heavy atom. The van der Waals surface area contributed by atoms with Crippen molar-refractivity contribution >= 4 is 11.7 Å². The summed E-state index contributed by atoms with van der Waals surface area (Å²) in [5.74, 6) is 0.735. The predicted molar refractivity (Wildman–Crippen MR) is 84.3 cm³/mol. The van der Waals surface area contributed by atoms with Gasteiger partial charge in [0.2, 0.25) is 11.7 Å². The Balaban J connectivity index is 2.06. The van der Waals surface area contributed by atoms with E-state index in [1.54, 1.807) is 30.3 Å². The van der Waals surface area contributed by atoms with Crippen LogP contribution >= 0.6 is 0 Å². The van der Waals surface area contributed by atoms with E-state index in [2.05, 4.69) is 0 Å². The van der Waals surface area contributed by atoms with Gasteiger partial charge in [0.1, 0.15) is 17.2 Å². The lowest BCUT2D eigenvalue weighted by Crippen LogP contribution is -2.13. The first-order valence-electron chi connectivity index (χ1n) is 6.83. The smallest absolute Gasteiger partial charge is 0.248 e. The van der Waals surface area contributed by atoms with Gasteiger partial charge in [-0.25, -0.2) is 0 Å². The van der Waals surface area contributed by atoms with E-state index >= 15 is 0 Å². The quantitative estimate of drug-likeness (QED) is 0.790. The minimum Gasteiger partial charge on any atom is -0.497 e. The Morgan fingerprint density at radius 3 is 2.17 bits per heavy atom. The van der Waals surface area contributed by atoms with E-state index in [1.165, 1.54) is 26.4 Å². The van der Waals surface area contributed by atoms with Gasteiger partial charge in [-0.3, -0.25) is 9.59 Å². The molecule has 0 bridgehead atoms. The summed E-state index contributed by atoms with van der Waals surface area (Å²) in [6, 6.07) is 11.2. The standard InChI is InChI=1S/C17H17NO5/c1-21-13-7-8-14(16(9-13)22-2)15(19)10-23-12-5-3-11(4-6-12)17(18)20/h3-9H,10H2,1-2H3,(H2,18,20). The molecule has 0 unspecified atom stereocenters. The van der Waals surface area contributed by atoms with Crippen molar-refractivity contribution in [3.63, 3.8) is 0 Å². The van der Waals surface area contributed by atoms with Gasteiger partial charge in [-0.05, 0) is 36.4 Å². The molecule has 0 atom stereocenters. The van der Waals surface area contributed by atoms with E-state index in [-0.39, 0.29) is 12.4 Å². The summed E-state index contributed by atoms with van der Waals surface area (Å²) < 4.78 is 15.7. The van der Waals surface area contributed by atoms with Crippen molar-refractivity contribution in [1.29, 1.82) is 0 Å². The Hall–Kier alpha value is -3.02. The number of carbonyl (C=O) groups is 2. The molecular formula is C17H17NO5. The molecule has 0 radical (unpaired) electrons. The lowest BCUT2D eigenvalue weighted by molar-refractivity contribution is 0.0917. The SMILES string of the molecule is COc1ccc(C(=O)COc2ccc(C(N)=O)cc2)c(OC)c1. The number of carbonyl (C=O) groups excluding carboxylic acids is 2. The third-order valence-corrected chi connectivity index (χ3v) is 3.22. The van der Waals surface area contributed by atoms with Crippen LogP contribution in [-0.2, 0) is 0 Å². The number of Topliss-reactive ketones (excluding diaryl/α,β-unsaturated/α-hetero) is 1. The van der Waals surface area contributed by atoms with E-state index in [1.807, 2.05) is 0 Å². The van der Waals surface area contributed by atoms with E-state index < -0.39 is 5.91 Å². The zero-order valence-electron chi connectivity index (χ0n) is 12.9. The van der Waals surface area contributed by atoms with Gasteiger partial charge in [0, 0.05) is 11.6 Å². The van der Waals surface area contributed by atoms with E-state index in [9.17, 15) is 9.59 Å². The third-order valence-electron chi connectivity index (χ3n) is 3.22. The number of ether oxygens (including phenoxy) is 3. The Kier molecular flexibility index (Phi) is 5.19. The van der Waals surface area contributed by atoms with Crippen LogP contribution in [0, 0.1) is 0 Å². The summed E-state index contributed by atoms with van der Waals surface area (Å²) in [5.41, 5.74) is 5.94. The number of benzene rings is 2. The number of amides is 1. The molecule has 0 saturated heterocycles. The van der Waals surface area contributed by atoms with Crippen LogP contribution in [0.4, 0.5) is 0 Å². The molecule has 0 aliphatic rings. The van der Waals surface area contributed by atoms with Crippen LogP contribution in [-0.4, -0.2) is 32.5 Å². The van der Waals surface area contributed by atoms with E-state index in [0.717, 1.165) is 0 Å². The maximum atomic E-state index is 12.3. The van der Waals surface area contributed by atoms with Crippen molar-refractivity contribution in [2.45, 2.75) is 0 Å². The minimum absolute atomic E-state index is 0.154. The van der Waals surface area contributed by atoms with Crippen LogP contribution in [0.1, 0.15) is 20.7 Å². The molecule has 120 valence electrons. The highest BCUT2D eigenvalue weighted by molar-refractivity contribution is 6.00. The first-order valence-corrected chi connectivity index (χ1v) is 6.83. The maximum Gasteiger partial charge on any atom is 0.248 e. The monoisotopic (exact) mass is 315 g/mol. The van der Waals surface area contributed by atoms with Gasteiger partial charge in [0.05, 0.1) is 19.8 Å². The van der Waals surface area contributed by atoms with Gasteiger partial charge < -0.3 is 19.9 Å². The second kappa shape index (κ2) is 7.31. The molecule has 2 N–H and O–H groups in total. The van der Waals surface area contributed by atoms with Gasteiger partial charge in [-0.15, -0.1) is 0 Å². The number of ketones is 1. The number of hydrogen-bond acceptors (Lipinski definition) is 5. The largest absolute Gasteiger partial charge is 0.497 e. The summed E-state index contributed by atoms with van der Waals surface area (Å²) in [4.78, 5) is 23.2. The first-order chi connectivity index (χ1) is 11.0. The Labute approximate surface area is 133 Å². The molecule has 0 fully saturated rings. The van der Waals surface area contributed by atoms with E-state index in [0.29, 0.717) is 28.4 Å². The molecule has 1 amide bonds. The Bertz CT molecular complexity index is 709. The molecule has 0 aliphatic carbocycles. The van der Waals surface area contributed by atoms with Gasteiger partial charge in [0.15, 0.2) is 6.61 Å². The lowest BCUT2D eigenvalue weighted by Gasteiger charge is -2.10. The molecule has 0 heterocycles. The van der Waals surface area contributed by atoms with Crippen molar-refractivity contribution in [2.24, 2.45) is 5.73 Å². The first kappa shape index (κ1) is 16.4. The van der Waals surface area contributed by atoms with Crippen molar-refractivity contribution in [3.05, 3.63) is 53.6 Å². The summed E-state index contributed by atoms with van der Waals surface area (Å²) in [6.45, 7) is -0.154. The highest BCUT2D eigenvalue weighted by Crippen LogP contribution is 2.25. The molecule has 2 aromatic rings. The molecule has 23 heavy (non-hydrogen) atoms. The highest BCUT2D eigenvalue weighted by atomic mass is 16.5. The van der Waals surface area contributed by atoms with E-state index in [4.69, 9.17) is 19.9 Å². The summed E-state index contributed by atoms with van der Waals surface area (Å²) in [7, 11) is 3.02. The molecule has 0 aliphatic heterocycles. The molecule has 2 rings (SSSR count). The molecular weight excluding hydrogens is 298 g/mol. The minimum atomic E-state index is -0.518. The van der Waals surface area contributed by atoms with Crippen LogP contribution in [0.5, 0.6) is 17.2 Å². The zero-order chi connectivity index (χ0) is 16.8. The van der Waals surface area contributed by atoms with Gasteiger partial charge >= 0.3 is 0 Å². The molecule has 2 aromatic carbocycles. The topological polar surface area (TPSA) is 87.9 Å². The molecule has 6 nitrogen and oxygen atoms in total. The number of nitrogens with two attached hydrogens (primary N) is 1. The van der Waals surface area contributed by atoms with Gasteiger partial charge in [-0.2, -0.15) is 0 Å². The Morgan fingerprint density at radius 1 is 0.957 bits per heavy atom. The molecule has 0 spiro atoms. The number of hydrogen-bond donors (Lipinski definition) is 1. The summed E-state index contributed by atoms with van der Waals surface area (Å²) in [6.07, 6.45) is 0. The fraction of sp³-hybridized carbons (Fsp3) is 0.176. The van der Waals surface area contributed by atoms with Crippen LogP contribution < -0.4 is 19.9 Å². The normalized spacial score (nSPS) is 10.0. The highest BCUT2D eigenvalue weighted by Gasteiger charge is 2.14. The summed E-state index contributed by atoms with van der Waals surface area (Å²) in [5, 5.41) is 0. The van der Waals surface area contributed by atoms with Crippen molar-refractivity contribution < 1.29 is 23.8 Å². The second-order valence-electron chi connectivity index (χ2n) is 4.67. The molecule has 6 heteroatoms. The van der Waals surface area contributed by atoms with Crippen LogP contribution in [0.2, 0.25) is 0 Å². The summed E-state index contributed by atoms with van der Waals surface area (Å²) >= 11 is 0. The lowest BCUT2D eigenvalue weighted by atomic mass is 10.1. The number of primary amides is 1. The van der Waals surface area contributed by atoms with Crippen LogP contribution in [0.3, 0.4) is 0 Å². The van der Waals surface area contributed by atoms with Crippen LogP contribution in [0.15, 0.2) is 42.5 Å². The van der Waals surface area contributed by atoms with Crippen molar-refractivity contribution in [3.8, 4) is 17.2 Å². The maximum absolute atomic E-state index is 12.3. The second-order valence-corrected chi connectivity index (χ2v) is 4.67. The molecule has 0 aromatic heterocycles. The average molecular weight is 315 g/mol. The molecule has 0 saturated carbocycles. The fourth-order valence-corrected chi connectivity index (χ4v) is 1.97. The van der Waals surface area contributed by atoms with Crippen molar-refractivity contribution in [2.75, 3.05) is 20.8 Å². The van der Waals surface area contributed by atoms with Crippen LogP contribution in [0.25, 0.3) is 0 Å². The predicted octanol–water partition coefficient (Wildman–Crippen LogP) is 2.06. The van der Waals surface area contributed by atoms with Gasteiger partial charge in [0.25, 0.3) is 0 Å². The van der Waals surface area contributed by atoms with Gasteiger partial charge in [-0.1, -0.05) is 0 Å². The average Bonchev–Trinajstić information content (AvgIpc) is 2.59.